The van der Waals surface area contributed by atoms with Crippen LogP contribution >= 0.6 is 0 Å². The Morgan fingerprint density at radius 3 is 3.00 bits per heavy atom. The SMILES string of the molecule is CCCOc1c(CN2CCC[C@H](c3cc4cccnc4[nH]3)C2)cccc1OC. The van der Waals surface area contributed by atoms with E-state index in [0.29, 0.717) is 12.5 Å². The van der Waals surface area contributed by atoms with Crippen molar-refractivity contribution >= 4 is 11.0 Å². The molecule has 1 aliphatic rings. The molecule has 2 aromatic heterocycles. The number of nitrogens with zero attached hydrogens (tertiary/aromatic N) is 2. The molecule has 3 heterocycles. The summed E-state index contributed by atoms with van der Waals surface area (Å²) in [6.07, 6.45) is 5.23. The summed E-state index contributed by atoms with van der Waals surface area (Å²) in [5.74, 6) is 2.22. The molecule has 0 saturated carbocycles. The van der Waals surface area contributed by atoms with E-state index in [2.05, 4.69) is 46.1 Å². The van der Waals surface area contributed by atoms with Crippen LogP contribution in [0.5, 0.6) is 11.5 Å². The van der Waals surface area contributed by atoms with E-state index < -0.39 is 0 Å². The van der Waals surface area contributed by atoms with Gasteiger partial charge in [-0.1, -0.05) is 19.1 Å². The van der Waals surface area contributed by atoms with E-state index >= 15 is 0 Å². The maximum Gasteiger partial charge on any atom is 0.165 e. The highest BCUT2D eigenvalue weighted by molar-refractivity contribution is 5.76. The minimum absolute atomic E-state index is 0.508. The van der Waals surface area contributed by atoms with Gasteiger partial charge in [0.2, 0.25) is 0 Å². The van der Waals surface area contributed by atoms with Crippen LogP contribution in [0.4, 0.5) is 0 Å². The molecule has 1 atom stereocenters. The average Bonchev–Trinajstić information content (AvgIpc) is 3.17. The normalized spacial score (nSPS) is 17.7. The molecule has 4 rings (SSSR count). The molecule has 0 radical (unpaired) electrons. The predicted octanol–water partition coefficient (Wildman–Crippen LogP) is 4.74. The zero-order valence-corrected chi connectivity index (χ0v) is 16.8. The zero-order valence-electron chi connectivity index (χ0n) is 16.8. The lowest BCUT2D eigenvalue weighted by Crippen LogP contribution is -2.34. The Labute approximate surface area is 166 Å². The number of aromatic amines is 1. The van der Waals surface area contributed by atoms with Crippen LogP contribution in [0, 0.1) is 0 Å². The van der Waals surface area contributed by atoms with Crippen molar-refractivity contribution in [3.63, 3.8) is 0 Å². The smallest absolute Gasteiger partial charge is 0.165 e. The largest absolute Gasteiger partial charge is 0.493 e. The fraction of sp³-hybridized carbons (Fsp3) is 0.435. The van der Waals surface area contributed by atoms with Crippen molar-refractivity contribution in [2.45, 2.75) is 38.6 Å². The Kier molecular flexibility index (Phi) is 5.81. The van der Waals surface area contributed by atoms with Gasteiger partial charge in [-0.05, 0) is 50.1 Å². The first-order valence-electron chi connectivity index (χ1n) is 10.2. The summed E-state index contributed by atoms with van der Waals surface area (Å²) in [5.41, 5.74) is 3.48. The molecule has 5 heteroatoms. The van der Waals surface area contributed by atoms with Gasteiger partial charge >= 0.3 is 0 Å². The van der Waals surface area contributed by atoms with Crippen molar-refractivity contribution in [2.75, 3.05) is 26.8 Å². The van der Waals surface area contributed by atoms with E-state index in [1.54, 1.807) is 7.11 Å². The van der Waals surface area contributed by atoms with Gasteiger partial charge < -0.3 is 14.5 Å². The number of pyridine rings is 1. The number of H-pyrrole nitrogens is 1. The molecule has 1 aliphatic heterocycles. The average molecular weight is 380 g/mol. The van der Waals surface area contributed by atoms with E-state index in [1.807, 2.05) is 18.3 Å². The third kappa shape index (κ3) is 3.99. The highest BCUT2D eigenvalue weighted by Crippen LogP contribution is 2.34. The van der Waals surface area contributed by atoms with E-state index in [4.69, 9.17) is 9.47 Å². The van der Waals surface area contributed by atoms with Crippen LogP contribution in [0.1, 0.15) is 43.4 Å². The Morgan fingerprint density at radius 2 is 2.18 bits per heavy atom. The molecule has 3 aromatic rings. The van der Waals surface area contributed by atoms with Crippen molar-refractivity contribution in [1.29, 1.82) is 0 Å². The Morgan fingerprint density at radius 1 is 1.25 bits per heavy atom. The van der Waals surface area contributed by atoms with Gasteiger partial charge in [0.1, 0.15) is 5.65 Å². The fourth-order valence-electron chi connectivity index (χ4n) is 4.11. The molecule has 1 saturated heterocycles. The van der Waals surface area contributed by atoms with Gasteiger partial charge in [0.05, 0.1) is 13.7 Å². The summed E-state index contributed by atoms with van der Waals surface area (Å²) >= 11 is 0. The predicted molar refractivity (Wildman–Crippen MR) is 112 cm³/mol. The molecule has 0 aliphatic carbocycles. The standard InChI is InChI=1S/C23H29N3O2/c1-3-13-28-22-19(7-4-10-21(22)27-2)16-26-12-6-9-18(15-26)20-14-17-8-5-11-24-23(17)25-20/h4-5,7-8,10-11,14,18H,3,6,9,12-13,15-16H2,1-2H3,(H,24,25)/t18-/m0/s1. The second kappa shape index (κ2) is 8.65. The maximum absolute atomic E-state index is 6.04. The second-order valence-electron chi connectivity index (χ2n) is 7.54. The van der Waals surface area contributed by atoms with Crippen molar-refractivity contribution in [2.24, 2.45) is 0 Å². The quantitative estimate of drug-likeness (QED) is 0.644. The topological polar surface area (TPSA) is 50.4 Å². The number of para-hydroxylation sites is 1. The zero-order chi connectivity index (χ0) is 19.3. The highest BCUT2D eigenvalue weighted by atomic mass is 16.5. The molecule has 0 amide bonds. The lowest BCUT2D eigenvalue weighted by Gasteiger charge is -2.32. The van der Waals surface area contributed by atoms with Gasteiger partial charge in [0.15, 0.2) is 11.5 Å². The van der Waals surface area contributed by atoms with Gasteiger partial charge in [-0.25, -0.2) is 4.98 Å². The fourth-order valence-corrected chi connectivity index (χ4v) is 4.11. The lowest BCUT2D eigenvalue weighted by atomic mass is 9.94. The number of likely N-dealkylation sites (tertiary alicyclic amines) is 1. The van der Waals surface area contributed by atoms with Crippen LogP contribution in [-0.2, 0) is 6.54 Å². The van der Waals surface area contributed by atoms with Crippen LogP contribution < -0.4 is 9.47 Å². The molecule has 0 spiro atoms. The number of fused-ring (bicyclic) bond motifs is 1. The molecule has 1 aromatic carbocycles. The number of hydrogen-bond donors (Lipinski definition) is 1. The van der Waals surface area contributed by atoms with Crippen LogP contribution in [0.25, 0.3) is 11.0 Å². The molecule has 1 fully saturated rings. The number of benzene rings is 1. The number of hydrogen-bond acceptors (Lipinski definition) is 4. The van der Waals surface area contributed by atoms with Crippen molar-refractivity contribution in [3.05, 3.63) is 53.9 Å². The van der Waals surface area contributed by atoms with Gasteiger partial charge in [-0.15, -0.1) is 0 Å². The summed E-state index contributed by atoms with van der Waals surface area (Å²) in [4.78, 5) is 10.5. The second-order valence-corrected chi connectivity index (χ2v) is 7.54. The number of ether oxygens (including phenoxy) is 2. The van der Waals surface area contributed by atoms with Crippen LogP contribution in [0.15, 0.2) is 42.6 Å². The van der Waals surface area contributed by atoms with Gasteiger partial charge in [0.25, 0.3) is 0 Å². The molecule has 148 valence electrons. The first-order chi connectivity index (χ1) is 13.8. The maximum atomic E-state index is 6.04. The first kappa shape index (κ1) is 18.8. The molecular formula is C23H29N3O2. The number of rotatable bonds is 7. The van der Waals surface area contributed by atoms with E-state index in [-0.39, 0.29) is 0 Å². The first-order valence-corrected chi connectivity index (χ1v) is 10.2. The summed E-state index contributed by atoms with van der Waals surface area (Å²) in [6, 6.07) is 12.6. The summed E-state index contributed by atoms with van der Waals surface area (Å²) in [5, 5.41) is 1.19. The monoisotopic (exact) mass is 379 g/mol. The highest BCUT2D eigenvalue weighted by Gasteiger charge is 2.24. The van der Waals surface area contributed by atoms with Crippen LogP contribution in [0.2, 0.25) is 0 Å². The van der Waals surface area contributed by atoms with Crippen LogP contribution in [0.3, 0.4) is 0 Å². The van der Waals surface area contributed by atoms with E-state index in [1.165, 1.54) is 29.5 Å². The third-order valence-corrected chi connectivity index (χ3v) is 5.48. The lowest BCUT2D eigenvalue weighted by molar-refractivity contribution is 0.194. The molecular weight excluding hydrogens is 350 g/mol. The Balaban J connectivity index is 1.51. The van der Waals surface area contributed by atoms with Gasteiger partial charge in [-0.3, -0.25) is 4.90 Å². The van der Waals surface area contributed by atoms with E-state index in [9.17, 15) is 0 Å². The van der Waals surface area contributed by atoms with E-state index in [0.717, 1.165) is 43.2 Å². The van der Waals surface area contributed by atoms with Crippen molar-refractivity contribution < 1.29 is 9.47 Å². The van der Waals surface area contributed by atoms with Gasteiger partial charge in [0, 0.05) is 41.8 Å². The minimum Gasteiger partial charge on any atom is -0.493 e. The number of methoxy groups -OCH3 is 1. The molecule has 5 nitrogen and oxygen atoms in total. The van der Waals surface area contributed by atoms with Crippen LogP contribution in [-0.4, -0.2) is 41.7 Å². The Hall–Kier alpha value is -2.53. The molecule has 0 unspecified atom stereocenters. The molecule has 1 N–H and O–H groups in total. The van der Waals surface area contributed by atoms with Crippen molar-refractivity contribution in [3.8, 4) is 11.5 Å². The third-order valence-electron chi connectivity index (χ3n) is 5.48. The summed E-state index contributed by atoms with van der Waals surface area (Å²) < 4.78 is 11.6. The number of nitrogens with one attached hydrogen (secondary N) is 1. The molecule has 0 bridgehead atoms. The number of piperidine rings is 1. The minimum atomic E-state index is 0.508. The summed E-state index contributed by atoms with van der Waals surface area (Å²) in [7, 11) is 1.71. The number of aromatic nitrogens is 2. The summed E-state index contributed by atoms with van der Waals surface area (Å²) in [6.45, 7) is 5.86. The molecule has 28 heavy (non-hydrogen) atoms. The van der Waals surface area contributed by atoms with Gasteiger partial charge in [-0.2, -0.15) is 0 Å². The Bertz CT molecular complexity index is 888. The van der Waals surface area contributed by atoms with Crippen molar-refractivity contribution in [1.82, 2.24) is 14.9 Å².